The van der Waals surface area contributed by atoms with Gasteiger partial charge in [-0.05, 0) is 0 Å². The first-order valence-electron chi connectivity index (χ1n) is 0.783. The predicted molar refractivity (Wildman–Crippen MR) is 29.7 cm³/mol. The van der Waals surface area contributed by atoms with E-state index in [9.17, 15) is 0 Å². The number of rotatable bonds is 0. The normalized spacial score (nSPS) is 6.56. The summed E-state index contributed by atoms with van der Waals surface area (Å²) < 4.78 is 8.88. The zero-order valence-electron chi connectivity index (χ0n) is 3.02. The summed E-state index contributed by atoms with van der Waals surface area (Å²) in [5.41, 5.74) is 0. The number of hydrogen-bond donors (Lipinski definition) is 3. The zero-order chi connectivity index (χ0) is 4.50. The molecule has 0 rings (SSSR count). The van der Waals surface area contributed by atoms with Crippen molar-refractivity contribution in [2.24, 2.45) is 0 Å². The van der Waals surface area contributed by atoms with Gasteiger partial charge in [-0.15, -0.1) is 0 Å². The van der Waals surface area contributed by atoms with Gasteiger partial charge in [0.1, 0.15) is 0 Å². The van der Waals surface area contributed by atoms with Crippen LogP contribution in [0.1, 0.15) is 0 Å². The van der Waals surface area contributed by atoms with Gasteiger partial charge in [0.25, 0.3) is 0 Å². The summed E-state index contributed by atoms with van der Waals surface area (Å²) in [7, 11) is -4.64. The van der Waals surface area contributed by atoms with Crippen molar-refractivity contribution in [3.8, 4) is 0 Å². The van der Waals surface area contributed by atoms with Crippen molar-refractivity contribution in [1.82, 2.24) is 0 Å². The molecule has 0 aromatic rings. The summed E-state index contributed by atoms with van der Waals surface area (Å²) in [5, 5.41) is 0. The number of phosphoric acid groups is 1. The van der Waals surface area contributed by atoms with Crippen LogP contribution >= 0.6 is 7.82 Å². The Morgan fingerprint density at radius 1 is 1.00 bits per heavy atom. The van der Waals surface area contributed by atoms with Gasteiger partial charge < -0.3 is 14.7 Å². The Morgan fingerprint density at radius 2 is 1.00 bits per heavy atom. The average molecular weight is 248 g/mol. The third kappa shape index (κ3) is 76.7. The van der Waals surface area contributed by atoms with E-state index in [0.717, 1.165) is 0 Å². The minimum atomic E-state index is -4.64. The minimum absolute atomic E-state index is 0. The van der Waals surface area contributed by atoms with Gasteiger partial charge in [0.2, 0.25) is 0 Å². The standard InChI is InChI=1S/F.2K.H3O4P.V.2H/c;;;1-5(2,3)4;;;/h;;;(H3,1,2,3,4);;;. The van der Waals surface area contributed by atoms with Crippen molar-refractivity contribution in [1.29, 1.82) is 0 Å². The maximum absolute atomic E-state index is 8.88. The van der Waals surface area contributed by atoms with E-state index in [0.29, 0.717) is 0 Å². The summed E-state index contributed by atoms with van der Waals surface area (Å²) >= 11 is 0. The molecule has 3 N–H and O–H groups in total. The third-order valence-electron chi connectivity index (χ3n) is 0. The molecular weight excluding hydrogens is 243 g/mol. The Kier molecular flexibility index (Phi) is 46.9. The smallest absolute Gasteiger partial charge is 0 e. The molecule has 0 heterocycles. The first-order valence-corrected chi connectivity index (χ1v) is 2.35. The topological polar surface area (TPSA) is 77.8 Å². The van der Waals surface area contributed by atoms with E-state index in [2.05, 4.69) is 0 Å². The SMILES string of the molecule is O=P(O)(O)O.[F].[KH].[KH].[V]. The molecule has 0 amide bonds. The van der Waals surface area contributed by atoms with E-state index in [1.807, 2.05) is 0 Å². The quantitative estimate of drug-likeness (QED) is 0.349. The molecule has 0 aliphatic rings. The van der Waals surface area contributed by atoms with Crippen molar-refractivity contribution in [2.45, 2.75) is 0 Å². The van der Waals surface area contributed by atoms with E-state index < -0.39 is 7.82 Å². The number of halogens is 1. The van der Waals surface area contributed by atoms with Crippen molar-refractivity contribution in [2.75, 3.05) is 0 Å². The molecule has 48 valence electrons. The Balaban J connectivity index is -0.0000000133. The van der Waals surface area contributed by atoms with Gasteiger partial charge in [-0.2, -0.15) is 0 Å². The molecule has 0 saturated carbocycles. The molecule has 0 aromatic heterocycles. The Morgan fingerprint density at radius 3 is 1.00 bits per heavy atom. The van der Waals surface area contributed by atoms with Crippen molar-refractivity contribution < 1.29 is 42.5 Å². The molecule has 9 heavy (non-hydrogen) atoms. The first-order chi connectivity index (χ1) is 2.00. The molecule has 2 radical (unpaired) electrons. The fourth-order valence-electron chi connectivity index (χ4n) is 0. The van der Waals surface area contributed by atoms with Gasteiger partial charge in [-0.25, -0.2) is 4.57 Å². The molecule has 0 atom stereocenters. The number of hydrogen-bond acceptors (Lipinski definition) is 1. The fourth-order valence-corrected chi connectivity index (χ4v) is 0. The van der Waals surface area contributed by atoms with Crippen LogP contribution in [0.2, 0.25) is 0 Å². The van der Waals surface area contributed by atoms with Crippen LogP contribution in [0.3, 0.4) is 0 Å². The van der Waals surface area contributed by atoms with Gasteiger partial charge in [0.05, 0.1) is 0 Å². The van der Waals surface area contributed by atoms with E-state index in [1.165, 1.54) is 0 Å². The van der Waals surface area contributed by atoms with Crippen LogP contribution in [-0.4, -0.2) is 117 Å². The van der Waals surface area contributed by atoms with Crippen LogP contribution in [-0.2, 0) is 23.1 Å². The molecule has 0 saturated heterocycles. The first kappa shape index (κ1) is 29.3. The molecule has 0 spiro atoms. The van der Waals surface area contributed by atoms with Crippen LogP contribution in [0.15, 0.2) is 0 Å². The Hall–Kier alpha value is 3.90. The Bertz CT molecular complexity index is 64.7. The van der Waals surface area contributed by atoms with Crippen LogP contribution in [0, 0.1) is 0 Å². The monoisotopic (exact) mass is 248 g/mol. The molecular formula is H5FK2O4PV. The summed E-state index contributed by atoms with van der Waals surface area (Å²) in [6.07, 6.45) is 0. The van der Waals surface area contributed by atoms with E-state index in [4.69, 9.17) is 19.2 Å². The molecule has 0 aliphatic carbocycles. The third-order valence-corrected chi connectivity index (χ3v) is 0. The predicted octanol–water partition coefficient (Wildman–Crippen LogP) is -1.81. The van der Waals surface area contributed by atoms with Crippen LogP contribution in [0.5, 0.6) is 0 Å². The maximum Gasteiger partial charge on any atom is 0 e. The van der Waals surface area contributed by atoms with E-state index in [-0.39, 0.29) is 126 Å². The second-order valence-corrected chi connectivity index (χ2v) is 1.54. The van der Waals surface area contributed by atoms with Crippen LogP contribution in [0.4, 0.5) is 4.70 Å². The summed E-state index contributed by atoms with van der Waals surface area (Å²) in [6, 6.07) is 0. The summed E-state index contributed by atoms with van der Waals surface area (Å²) in [5.74, 6) is 0. The zero-order valence-corrected chi connectivity index (χ0v) is 5.31. The molecule has 0 fully saturated rings. The van der Waals surface area contributed by atoms with Gasteiger partial charge in [0.15, 0.2) is 0 Å². The van der Waals surface area contributed by atoms with Crippen LogP contribution < -0.4 is 0 Å². The second kappa shape index (κ2) is 14.4. The fraction of sp³-hybridized carbons (Fsp3) is 0. The molecule has 0 aliphatic heterocycles. The van der Waals surface area contributed by atoms with Crippen molar-refractivity contribution in [3.63, 3.8) is 0 Å². The summed E-state index contributed by atoms with van der Waals surface area (Å²) in [6.45, 7) is 0. The molecule has 9 heteroatoms. The van der Waals surface area contributed by atoms with Crippen LogP contribution in [0.25, 0.3) is 0 Å². The van der Waals surface area contributed by atoms with E-state index >= 15 is 0 Å². The largest absolute Gasteiger partial charge is 0 e. The minimum Gasteiger partial charge on any atom is 0 e. The van der Waals surface area contributed by atoms with E-state index in [1.54, 1.807) is 0 Å². The van der Waals surface area contributed by atoms with Crippen molar-refractivity contribution in [3.05, 3.63) is 0 Å². The Labute approximate surface area is 149 Å². The summed E-state index contributed by atoms with van der Waals surface area (Å²) in [4.78, 5) is 21.6. The van der Waals surface area contributed by atoms with Gasteiger partial charge in [-0.1, -0.05) is 0 Å². The van der Waals surface area contributed by atoms with Crippen molar-refractivity contribution >= 4 is 111 Å². The molecule has 0 bridgehead atoms. The molecule has 4 nitrogen and oxygen atoms in total. The van der Waals surface area contributed by atoms with Gasteiger partial charge in [-0.3, -0.25) is 0 Å². The second-order valence-electron chi connectivity index (χ2n) is 0.513. The van der Waals surface area contributed by atoms with Gasteiger partial charge in [0, 0.05) is 23.3 Å². The molecule has 0 aromatic carbocycles. The molecule has 0 unspecified atom stereocenters. The maximum atomic E-state index is 8.88. The average Bonchev–Trinajstić information content (AvgIpc) is 0.722. The van der Waals surface area contributed by atoms with Gasteiger partial charge >= 0.3 is 111 Å².